The van der Waals surface area contributed by atoms with E-state index in [1.807, 2.05) is 31.2 Å². The van der Waals surface area contributed by atoms with Crippen LogP contribution in [0.2, 0.25) is 0 Å². The molecule has 3 N–H and O–H groups in total. The van der Waals surface area contributed by atoms with Crippen LogP contribution in [0.5, 0.6) is 0 Å². The van der Waals surface area contributed by atoms with Crippen molar-refractivity contribution in [3.8, 4) is 0 Å². The fourth-order valence-electron chi connectivity index (χ4n) is 1.65. The molecule has 0 aliphatic heterocycles. The van der Waals surface area contributed by atoms with Crippen molar-refractivity contribution in [1.82, 2.24) is 0 Å². The molecule has 1 aromatic carbocycles. The first kappa shape index (κ1) is 15.6. The van der Waals surface area contributed by atoms with Gasteiger partial charge in [-0.1, -0.05) is 18.2 Å². The lowest BCUT2D eigenvalue weighted by Crippen LogP contribution is -2.28. The number of rotatable bonds is 8. The molecule has 0 aliphatic rings. The van der Waals surface area contributed by atoms with Crippen molar-refractivity contribution in [3.63, 3.8) is 0 Å². The molecule has 5 heteroatoms. The fraction of sp³-hybridized carbons (Fsp3) is 0.500. The van der Waals surface area contributed by atoms with E-state index in [0.29, 0.717) is 19.8 Å². The molecule has 0 aromatic heterocycles. The molecule has 5 nitrogen and oxygen atoms in total. The van der Waals surface area contributed by atoms with E-state index < -0.39 is 0 Å². The summed E-state index contributed by atoms with van der Waals surface area (Å²) in [7, 11) is 1.55. The van der Waals surface area contributed by atoms with Crippen LogP contribution in [0.3, 0.4) is 0 Å². The summed E-state index contributed by atoms with van der Waals surface area (Å²) in [6, 6.07) is 7.59. The second-order valence-corrected chi connectivity index (χ2v) is 4.14. The second-order valence-electron chi connectivity index (χ2n) is 4.14. The van der Waals surface area contributed by atoms with Gasteiger partial charge in [-0.2, -0.15) is 0 Å². The summed E-state index contributed by atoms with van der Waals surface area (Å²) in [6.07, 6.45) is -0.00487. The molecular weight excluding hydrogens is 244 g/mol. The molecule has 19 heavy (non-hydrogen) atoms. The summed E-state index contributed by atoms with van der Waals surface area (Å²) in [5.74, 6) is -0.110. The van der Waals surface area contributed by atoms with E-state index in [4.69, 9.17) is 15.2 Å². The number of nitrogens with one attached hydrogen (secondary N) is 1. The maximum Gasteiger partial charge on any atom is 0.227 e. The van der Waals surface area contributed by atoms with Gasteiger partial charge in [0.25, 0.3) is 0 Å². The zero-order valence-electron chi connectivity index (χ0n) is 11.5. The van der Waals surface area contributed by atoms with Crippen LogP contribution < -0.4 is 11.1 Å². The SMILES string of the molecule is CCOCc1ccccc1NC(=O)CC(CN)OC. The summed E-state index contributed by atoms with van der Waals surface area (Å²) in [5, 5.41) is 2.86. The predicted molar refractivity (Wildman–Crippen MR) is 74.9 cm³/mol. The molecule has 1 atom stereocenters. The molecule has 0 spiro atoms. The van der Waals surface area contributed by atoms with Crippen LogP contribution in [-0.4, -0.2) is 32.3 Å². The first-order chi connectivity index (χ1) is 9.21. The number of carbonyl (C=O) groups excluding carboxylic acids is 1. The Bertz CT molecular complexity index is 392. The number of nitrogens with two attached hydrogens (primary N) is 1. The summed E-state index contributed by atoms with van der Waals surface area (Å²) in [4.78, 5) is 11.9. The van der Waals surface area contributed by atoms with Crippen molar-refractivity contribution in [3.05, 3.63) is 29.8 Å². The number of carbonyl (C=O) groups is 1. The van der Waals surface area contributed by atoms with Gasteiger partial charge in [0.1, 0.15) is 0 Å². The summed E-state index contributed by atoms with van der Waals surface area (Å²) >= 11 is 0. The molecule has 0 aliphatic carbocycles. The van der Waals surface area contributed by atoms with Gasteiger partial charge in [0.15, 0.2) is 0 Å². The smallest absolute Gasteiger partial charge is 0.227 e. The minimum atomic E-state index is -0.251. The van der Waals surface area contributed by atoms with Crippen LogP contribution in [0.1, 0.15) is 18.9 Å². The number of benzene rings is 1. The molecule has 0 saturated carbocycles. The lowest BCUT2D eigenvalue weighted by molar-refractivity contribution is -0.118. The minimum Gasteiger partial charge on any atom is -0.380 e. The van der Waals surface area contributed by atoms with Crippen molar-refractivity contribution in [1.29, 1.82) is 0 Å². The van der Waals surface area contributed by atoms with Gasteiger partial charge < -0.3 is 20.5 Å². The number of ether oxygens (including phenoxy) is 2. The Hall–Kier alpha value is -1.43. The Kier molecular flexibility index (Phi) is 7.10. The van der Waals surface area contributed by atoms with Crippen molar-refractivity contribution < 1.29 is 14.3 Å². The van der Waals surface area contributed by atoms with Crippen LogP contribution in [0.4, 0.5) is 5.69 Å². The van der Waals surface area contributed by atoms with Gasteiger partial charge in [-0.15, -0.1) is 0 Å². The molecule has 1 amide bonds. The number of hydrogen-bond donors (Lipinski definition) is 2. The molecule has 0 bridgehead atoms. The fourth-order valence-corrected chi connectivity index (χ4v) is 1.65. The van der Waals surface area contributed by atoms with E-state index in [2.05, 4.69) is 5.32 Å². The zero-order valence-corrected chi connectivity index (χ0v) is 11.5. The third kappa shape index (κ3) is 5.38. The molecule has 1 rings (SSSR count). The lowest BCUT2D eigenvalue weighted by Gasteiger charge is -2.14. The third-order valence-corrected chi connectivity index (χ3v) is 2.76. The predicted octanol–water partition coefficient (Wildman–Crippen LogP) is 1.53. The van der Waals surface area contributed by atoms with E-state index in [0.717, 1.165) is 11.3 Å². The quantitative estimate of drug-likeness (QED) is 0.748. The number of hydrogen-bond acceptors (Lipinski definition) is 4. The number of methoxy groups -OCH3 is 1. The largest absolute Gasteiger partial charge is 0.380 e. The van der Waals surface area contributed by atoms with Crippen LogP contribution in [0.25, 0.3) is 0 Å². The van der Waals surface area contributed by atoms with Crippen molar-refractivity contribution in [2.45, 2.75) is 26.1 Å². The number of para-hydroxylation sites is 1. The van der Waals surface area contributed by atoms with Gasteiger partial charge in [-0.05, 0) is 13.0 Å². The third-order valence-electron chi connectivity index (χ3n) is 2.76. The molecule has 1 aromatic rings. The molecular formula is C14H22N2O3. The van der Waals surface area contributed by atoms with E-state index in [9.17, 15) is 4.79 Å². The molecule has 0 heterocycles. The Morgan fingerprint density at radius 3 is 2.79 bits per heavy atom. The van der Waals surface area contributed by atoms with Gasteiger partial charge in [-0.3, -0.25) is 4.79 Å². The summed E-state index contributed by atoms with van der Waals surface area (Å²) in [6.45, 7) is 3.38. The van der Waals surface area contributed by atoms with Gasteiger partial charge in [0.2, 0.25) is 5.91 Å². The zero-order chi connectivity index (χ0) is 14.1. The highest BCUT2D eigenvalue weighted by atomic mass is 16.5. The van der Waals surface area contributed by atoms with Crippen molar-refractivity contribution in [2.75, 3.05) is 25.6 Å². The van der Waals surface area contributed by atoms with Crippen LogP contribution >= 0.6 is 0 Å². The Balaban J connectivity index is 2.62. The number of amides is 1. The van der Waals surface area contributed by atoms with E-state index in [-0.39, 0.29) is 18.4 Å². The highest BCUT2D eigenvalue weighted by Crippen LogP contribution is 2.16. The topological polar surface area (TPSA) is 73.6 Å². The van der Waals surface area contributed by atoms with E-state index in [1.165, 1.54) is 0 Å². The standard InChI is InChI=1S/C14H22N2O3/c1-3-19-10-11-6-4-5-7-13(11)16-14(17)8-12(9-15)18-2/h4-7,12H,3,8-10,15H2,1-2H3,(H,16,17). The Morgan fingerprint density at radius 2 is 2.16 bits per heavy atom. The number of anilines is 1. The van der Waals surface area contributed by atoms with Crippen LogP contribution in [-0.2, 0) is 20.9 Å². The monoisotopic (exact) mass is 266 g/mol. The highest BCUT2D eigenvalue weighted by Gasteiger charge is 2.12. The van der Waals surface area contributed by atoms with Crippen molar-refractivity contribution in [2.24, 2.45) is 5.73 Å². The van der Waals surface area contributed by atoms with E-state index >= 15 is 0 Å². The van der Waals surface area contributed by atoms with Gasteiger partial charge in [0, 0.05) is 31.5 Å². The van der Waals surface area contributed by atoms with Gasteiger partial charge in [0.05, 0.1) is 19.1 Å². The first-order valence-electron chi connectivity index (χ1n) is 6.39. The molecule has 106 valence electrons. The van der Waals surface area contributed by atoms with Gasteiger partial charge in [-0.25, -0.2) is 0 Å². The highest BCUT2D eigenvalue weighted by molar-refractivity contribution is 5.91. The van der Waals surface area contributed by atoms with Crippen LogP contribution in [0.15, 0.2) is 24.3 Å². The second kappa shape index (κ2) is 8.63. The molecule has 0 fully saturated rings. The van der Waals surface area contributed by atoms with E-state index in [1.54, 1.807) is 7.11 Å². The summed E-state index contributed by atoms with van der Waals surface area (Å²) < 4.78 is 10.5. The average molecular weight is 266 g/mol. The lowest BCUT2D eigenvalue weighted by atomic mass is 10.1. The normalized spacial score (nSPS) is 12.2. The maximum absolute atomic E-state index is 11.9. The van der Waals surface area contributed by atoms with Crippen molar-refractivity contribution >= 4 is 11.6 Å². The maximum atomic E-state index is 11.9. The Labute approximate surface area is 114 Å². The minimum absolute atomic E-state index is 0.110. The van der Waals surface area contributed by atoms with Gasteiger partial charge >= 0.3 is 0 Å². The molecule has 1 unspecified atom stereocenters. The average Bonchev–Trinajstić information content (AvgIpc) is 2.43. The Morgan fingerprint density at radius 1 is 1.42 bits per heavy atom. The molecule has 0 radical (unpaired) electrons. The summed E-state index contributed by atoms with van der Waals surface area (Å²) in [5.41, 5.74) is 7.22. The first-order valence-corrected chi connectivity index (χ1v) is 6.39. The van der Waals surface area contributed by atoms with Crippen LogP contribution in [0, 0.1) is 0 Å². The molecule has 0 saturated heterocycles.